The largest absolute Gasteiger partial charge is 0.299 e. The molecule has 1 saturated carbocycles. The van der Waals surface area contributed by atoms with Gasteiger partial charge >= 0.3 is 0 Å². The lowest BCUT2D eigenvalue weighted by Crippen LogP contribution is -2.43. The summed E-state index contributed by atoms with van der Waals surface area (Å²) in [5, 5.41) is 3.29. The Morgan fingerprint density at radius 3 is 2.57 bits per heavy atom. The van der Waals surface area contributed by atoms with E-state index in [0.29, 0.717) is 0 Å². The van der Waals surface area contributed by atoms with Crippen molar-refractivity contribution in [3.8, 4) is 0 Å². The third kappa shape index (κ3) is 2.83. The fourth-order valence-corrected chi connectivity index (χ4v) is 3.38. The summed E-state index contributed by atoms with van der Waals surface area (Å²) in [5.41, 5.74) is 1.07. The average Bonchev–Trinajstić information content (AvgIpc) is 3.09. The standard InChI is InChI=1S/C16H21N3O2/c1-11(12-6-8-17-9-7-12)18-14-10-15(20)19(16(14)21)13-4-2-3-5-13/h6-9,11,13-14,18H,2-5,10H2,1H3. The first-order valence-electron chi connectivity index (χ1n) is 7.68. The topological polar surface area (TPSA) is 62.3 Å². The summed E-state index contributed by atoms with van der Waals surface area (Å²) in [4.78, 5) is 30.2. The van der Waals surface area contributed by atoms with E-state index in [2.05, 4.69) is 10.3 Å². The zero-order valence-corrected chi connectivity index (χ0v) is 12.3. The van der Waals surface area contributed by atoms with E-state index in [0.717, 1.165) is 31.2 Å². The Morgan fingerprint density at radius 1 is 1.24 bits per heavy atom. The molecule has 21 heavy (non-hydrogen) atoms. The molecular formula is C16H21N3O2. The minimum atomic E-state index is -0.388. The van der Waals surface area contributed by atoms with Crippen molar-refractivity contribution in [2.45, 2.75) is 57.2 Å². The maximum atomic E-state index is 12.5. The molecule has 0 radical (unpaired) electrons. The summed E-state index contributed by atoms with van der Waals surface area (Å²) in [5.74, 6) is -0.0702. The van der Waals surface area contributed by atoms with E-state index in [1.54, 1.807) is 12.4 Å². The molecule has 1 saturated heterocycles. The molecule has 2 fully saturated rings. The number of pyridine rings is 1. The minimum absolute atomic E-state index is 0.0219. The van der Waals surface area contributed by atoms with Crippen LogP contribution in [-0.4, -0.2) is 33.8 Å². The molecule has 5 heteroatoms. The second-order valence-corrected chi connectivity index (χ2v) is 5.97. The number of imide groups is 1. The Balaban J connectivity index is 1.67. The average molecular weight is 287 g/mol. The number of nitrogens with one attached hydrogen (secondary N) is 1. The van der Waals surface area contributed by atoms with Crippen LogP contribution >= 0.6 is 0 Å². The predicted molar refractivity (Wildman–Crippen MR) is 78.3 cm³/mol. The molecule has 2 heterocycles. The van der Waals surface area contributed by atoms with Gasteiger partial charge in [0.25, 0.3) is 0 Å². The number of hydrogen-bond donors (Lipinski definition) is 1. The molecule has 0 bridgehead atoms. The maximum absolute atomic E-state index is 12.5. The molecule has 2 amide bonds. The number of hydrogen-bond acceptors (Lipinski definition) is 4. The summed E-state index contributed by atoms with van der Waals surface area (Å²) in [6.45, 7) is 2.01. The molecule has 1 N–H and O–H groups in total. The number of carbonyl (C=O) groups excluding carboxylic acids is 2. The summed E-state index contributed by atoms with van der Waals surface area (Å²) >= 11 is 0. The molecule has 112 valence electrons. The highest BCUT2D eigenvalue weighted by Gasteiger charge is 2.43. The van der Waals surface area contributed by atoms with Crippen LogP contribution in [0.5, 0.6) is 0 Å². The van der Waals surface area contributed by atoms with Crippen molar-refractivity contribution in [1.82, 2.24) is 15.2 Å². The number of amides is 2. The van der Waals surface area contributed by atoms with E-state index in [-0.39, 0.29) is 36.4 Å². The quantitative estimate of drug-likeness (QED) is 0.858. The molecule has 1 aliphatic heterocycles. The Morgan fingerprint density at radius 2 is 1.90 bits per heavy atom. The monoisotopic (exact) mass is 287 g/mol. The lowest BCUT2D eigenvalue weighted by Gasteiger charge is -2.23. The summed E-state index contributed by atoms with van der Waals surface area (Å²) in [6.07, 6.45) is 7.92. The molecule has 0 spiro atoms. The van der Waals surface area contributed by atoms with Gasteiger partial charge in [0.05, 0.1) is 12.5 Å². The molecule has 5 nitrogen and oxygen atoms in total. The van der Waals surface area contributed by atoms with Crippen LogP contribution in [0.4, 0.5) is 0 Å². The molecule has 1 aromatic rings. The second-order valence-electron chi connectivity index (χ2n) is 5.97. The molecule has 1 aliphatic carbocycles. The molecule has 2 unspecified atom stereocenters. The van der Waals surface area contributed by atoms with Gasteiger partial charge in [0.1, 0.15) is 0 Å². The van der Waals surface area contributed by atoms with Crippen molar-refractivity contribution < 1.29 is 9.59 Å². The molecular weight excluding hydrogens is 266 g/mol. The van der Waals surface area contributed by atoms with Crippen molar-refractivity contribution in [1.29, 1.82) is 0 Å². The van der Waals surface area contributed by atoms with E-state index in [9.17, 15) is 9.59 Å². The van der Waals surface area contributed by atoms with Gasteiger partial charge in [-0.1, -0.05) is 12.8 Å². The van der Waals surface area contributed by atoms with Gasteiger partial charge in [-0.25, -0.2) is 0 Å². The maximum Gasteiger partial charge on any atom is 0.247 e. The first-order chi connectivity index (χ1) is 10.2. The lowest BCUT2D eigenvalue weighted by atomic mass is 10.1. The van der Waals surface area contributed by atoms with Crippen LogP contribution in [0.2, 0.25) is 0 Å². The molecule has 2 atom stereocenters. The van der Waals surface area contributed by atoms with Crippen molar-refractivity contribution in [3.63, 3.8) is 0 Å². The van der Waals surface area contributed by atoms with E-state index in [1.807, 2.05) is 19.1 Å². The van der Waals surface area contributed by atoms with Gasteiger partial charge in [0, 0.05) is 24.5 Å². The first kappa shape index (κ1) is 14.2. The highest BCUT2D eigenvalue weighted by atomic mass is 16.2. The van der Waals surface area contributed by atoms with Crippen LogP contribution in [0.1, 0.15) is 50.6 Å². The van der Waals surface area contributed by atoms with Gasteiger partial charge < -0.3 is 0 Å². The zero-order chi connectivity index (χ0) is 14.8. The lowest BCUT2D eigenvalue weighted by molar-refractivity contribution is -0.141. The molecule has 2 aliphatic rings. The fraction of sp³-hybridized carbons (Fsp3) is 0.562. The predicted octanol–water partition coefficient (Wildman–Crippen LogP) is 1.80. The molecule has 1 aromatic heterocycles. The third-order valence-corrected chi connectivity index (χ3v) is 4.53. The van der Waals surface area contributed by atoms with Crippen LogP contribution in [-0.2, 0) is 9.59 Å². The highest BCUT2D eigenvalue weighted by molar-refractivity contribution is 6.05. The Labute approximate surface area is 124 Å². The van der Waals surface area contributed by atoms with Gasteiger partial charge in [-0.05, 0) is 37.5 Å². The van der Waals surface area contributed by atoms with Gasteiger partial charge in [0.15, 0.2) is 0 Å². The van der Waals surface area contributed by atoms with Crippen molar-refractivity contribution in [2.75, 3.05) is 0 Å². The van der Waals surface area contributed by atoms with E-state index in [4.69, 9.17) is 0 Å². The smallest absolute Gasteiger partial charge is 0.247 e. The zero-order valence-electron chi connectivity index (χ0n) is 12.3. The number of nitrogens with zero attached hydrogens (tertiary/aromatic N) is 2. The van der Waals surface area contributed by atoms with Gasteiger partial charge in [-0.3, -0.25) is 24.8 Å². The van der Waals surface area contributed by atoms with E-state index in [1.165, 1.54) is 4.90 Å². The van der Waals surface area contributed by atoms with E-state index < -0.39 is 0 Å². The number of likely N-dealkylation sites (tertiary alicyclic amines) is 1. The third-order valence-electron chi connectivity index (χ3n) is 4.53. The van der Waals surface area contributed by atoms with E-state index >= 15 is 0 Å². The number of aromatic nitrogens is 1. The SMILES string of the molecule is CC(NC1CC(=O)N(C2CCCC2)C1=O)c1ccncc1. The molecule has 3 rings (SSSR count). The van der Waals surface area contributed by atoms with Crippen molar-refractivity contribution in [3.05, 3.63) is 30.1 Å². The van der Waals surface area contributed by atoms with Crippen LogP contribution < -0.4 is 5.32 Å². The fourth-order valence-electron chi connectivity index (χ4n) is 3.38. The van der Waals surface area contributed by atoms with Crippen LogP contribution in [0.15, 0.2) is 24.5 Å². The van der Waals surface area contributed by atoms with Gasteiger partial charge in [-0.15, -0.1) is 0 Å². The Hall–Kier alpha value is -1.75. The van der Waals surface area contributed by atoms with Crippen LogP contribution in [0.3, 0.4) is 0 Å². The second kappa shape index (κ2) is 5.93. The highest BCUT2D eigenvalue weighted by Crippen LogP contribution is 2.28. The van der Waals surface area contributed by atoms with Crippen molar-refractivity contribution >= 4 is 11.8 Å². The van der Waals surface area contributed by atoms with Crippen molar-refractivity contribution in [2.24, 2.45) is 0 Å². The Kier molecular flexibility index (Phi) is 4.01. The molecule has 0 aromatic carbocycles. The van der Waals surface area contributed by atoms with Crippen LogP contribution in [0, 0.1) is 0 Å². The normalized spacial score (nSPS) is 24.8. The summed E-state index contributed by atoms with van der Waals surface area (Å²) < 4.78 is 0. The van der Waals surface area contributed by atoms with Gasteiger partial charge in [-0.2, -0.15) is 0 Å². The minimum Gasteiger partial charge on any atom is -0.299 e. The number of rotatable bonds is 4. The Bertz CT molecular complexity index is 526. The number of carbonyl (C=O) groups is 2. The first-order valence-corrected chi connectivity index (χ1v) is 7.68. The van der Waals surface area contributed by atoms with Gasteiger partial charge in [0.2, 0.25) is 11.8 Å². The summed E-state index contributed by atoms with van der Waals surface area (Å²) in [6, 6.07) is 3.62. The summed E-state index contributed by atoms with van der Waals surface area (Å²) in [7, 11) is 0. The van der Waals surface area contributed by atoms with Crippen LogP contribution in [0.25, 0.3) is 0 Å².